The first kappa shape index (κ1) is 23.4. The van der Waals surface area contributed by atoms with Gasteiger partial charge in [-0.1, -0.05) is 47.8 Å². The zero-order valence-electron chi connectivity index (χ0n) is 18.4. The Hall–Kier alpha value is -2.25. The van der Waals surface area contributed by atoms with Gasteiger partial charge in [-0.15, -0.1) is 0 Å². The Morgan fingerprint density at radius 2 is 1.94 bits per heavy atom. The molecule has 2 amide bonds. The predicted molar refractivity (Wildman–Crippen MR) is 128 cm³/mol. The topological polar surface area (TPSA) is 68.0 Å². The molecule has 0 bridgehead atoms. The van der Waals surface area contributed by atoms with E-state index in [1.54, 1.807) is 7.11 Å². The fraction of sp³-hybridized carbons (Fsp3) is 0.458. The molecule has 0 aliphatic carbocycles. The minimum atomic E-state index is 0.00292. The molecule has 1 aliphatic heterocycles. The molecular weight excluding hydrogens is 458 g/mol. The summed E-state index contributed by atoms with van der Waals surface area (Å²) >= 11 is 3.62. The molecular formula is C24H32BrN3O3. The number of methoxy groups -OCH3 is 1. The van der Waals surface area contributed by atoms with Crippen molar-refractivity contribution in [2.45, 2.75) is 45.7 Å². The number of anilines is 1. The summed E-state index contributed by atoms with van der Waals surface area (Å²) < 4.78 is 12.4. The third-order valence-corrected chi connectivity index (χ3v) is 6.23. The molecule has 0 aromatic heterocycles. The Morgan fingerprint density at radius 1 is 1.10 bits per heavy atom. The Labute approximate surface area is 193 Å². The van der Waals surface area contributed by atoms with Crippen LogP contribution in [0.2, 0.25) is 0 Å². The lowest BCUT2D eigenvalue weighted by molar-refractivity contribution is 0.192. The zero-order chi connectivity index (χ0) is 22.2. The average molecular weight is 490 g/mol. The molecule has 31 heavy (non-hydrogen) atoms. The van der Waals surface area contributed by atoms with E-state index in [2.05, 4.69) is 22.9 Å². The van der Waals surface area contributed by atoms with Gasteiger partial charge < -0.3 is 20.1 Å². The second kappa shape index (κ2) is 11.4. The maximum atomic E-state index is 13.3. The Morgan fingerprint density at radius 3 is 2.65 bits per heavy atom. The van der Waals surface area contributed by atoms with Gasteiger partial charge in [0.15, 0.2) is 11.5 Å². The van der Waals surface area contributed by atoms with Gasteiger partial charge in [0.05, 0.1) is 13.7 Å². The molecule has 1 fully saturated rings. The number of unbranched alkanes of at least 4 members (excludes halogenated alkanes) is 2. The number of nitrogens with zero attached hydrogens (tertiary/aromatic N) is 2. The molecule has 0 spiro atoms. The van der Waals surface area contributed by atoms with Crippen LogP contribution in [0.3, 0.4) is 0 Å². The van der Waals surface area contributed by atoms with E-state index in [1.807, 2.05) is 46.2 Å². The molecule has 1 heterocycles. The van der Waals surface area contributed by atoms with Crippen molar-refractivity contribution in [2.24, 2.45) is 5.73 Å². The molecule has 2 aromatic rings. The van der Waals surface area contributed by atoms with Crippen LogP contribution in [0, 0.1) is 0 Å². The minimum Gasteiger partial charge on any atom is -0.493 e. The normalized spacial score (nSPS) is 14.1. The highest BCUT2D eigenvalue weighted by atomic mass is 79.9. The molecule has 0 atom stereocenters. The van der Waals surface area contributed by atoms with Gasteiger partial charge >= 0.3 is 6.03 Å². The first-order chi connectivity index (χ1) is 15.1. The average Bonchev–Trinajstić information content (AvgIpc) is 2.79. The largest absolute Gasteiger partial charge is 0.493 e. The van der Waals surface area contributed by atoms with Crippen LogP contribution in [0.1, 0.15) is 43.7 Å². The van der Waals surface area contributed by atoms with Crippen LogP contribution in [0.4, 0.5) is 10.5 Å². The molecule has 0 unspecified atom stereocenters. The molecule has 3 rings (SSSR count). The maximum Gasteiger partial charge on any atom is 0.324 e. The smallest absolute Gasteiger partial charge is 0.324 e. The van der Waals surface area contributed by atoms with Crippen LogP contribution in [-0.2, 0) is 13.1 Å². The van der Waals surface area contributed by atoms with E-state index in [0.717, 1.165) is 53.5 Å². The van der Waals surface area contributed by atoms with Crippen molar-refractivity contribution in [1.82, 2.24) is 4.90 Å². The molecule has 7 heteroatoms. The maximum absolute atomic E-state index is 13.3. The standard InChI is InChI=1S/C24H32BrN3O3/c1-3-4-5-13-31-23-15-20(9-10-22(23)30-2)28-12-6-11-27(24(28)29)17-19-8-7-18(16-26)14-21(19)25/h7-10,14-15H,3-6,11-13,16-17,26H2,1-2H3. The van der Waals surface area contributed by atoms with Gasteiger partial charge in [0.1, 0.15) is 0 Å². The van der Waals surface area contributed by atoms with Crippen molar-refractivity contribution in [1.29, 1.82) is 0 Å². The zero-order valence-corrected chi connectivity index (χ0v) is 20.0. The first-order valence-electron chi connectivity index (χ1n) is 10.9. The van der Waals surface area contributed by atoms with Crippen molar-refractivity contribution in [3.8, 4) is 11.5 Å². The van der Waals surface area contributed by atoms with Crippen LogP contribution < -0.4 is 20.1 Å². The van der Waals surface area contributed by atoms with Crippen molar-refractivity contribution in [3.63, 3.8) is 0 Å². The quantitative estimate of drug-likeness (QED) is 0.458. The fourth-order valence-corrected chi connectivity index (χ4v) is 4.25. The number of halogens is 1. The van der Waals surface area contributed by atoms with E-state index in [-0.39, 0.29) is 6.03 Å². The van der Waals surface area contributed by atoms with Gasteiger partial charge in [-0.25, -0.2) is 4.79 Å². The summed E-state index contributed by atoms with van der Waals surface area (Å²) in [6.07, 6.45) is 4.17. The van der Waals surface area contributed by atoms with Crippen molar-refractivity contribution in [2.75, 3.05) is 31.7 Å². The third kappa shape index (κ3) is 5.92. The van der Waals surface area contributed by atoms with Crippen molar-refractivity contribution >= 4 is 27.6 Å². The molecule has 1 saturated heterocycles. The number of ether oxygens (including phenoxy) is 2. The monoisotopic (exact) mass is 489 g/mol. The van der Waals surface area contributed by atoms with Crippen LogP contribution in [0.15, 0.2) is 40.9 Å². The van der Waals surface area contributed by atoms with Crippen LogP contribution in [0.5, 0.6) is 11.5 Å². The number of rotatable bonds is 10. The minimum absolute atomic E-state index is 0.00292. The van der Waals surface area contributed by atoms with Crippen LogP contribution in [0.25, 0.3) is 0 Å². The van der Waals surface area contributed by atoms with Gasteiger partial charge in [-0.2, -0.15) is 0 Å². The number of amides is 2. The van der Waals surface area contributed by atoms with E-state index >= 15 is 0 Å². The summed E-state index contributed by atoms with van der Waals surface area (Å²) in [6.45, 7) is 5.27. The summed E-state index contributed by atoms with van der Waals surface area (Å²) in [6, 6.07) is 11.8. The van der Waals surface area contributed by atoms with Gasteiger partial charge in [0, 0.05) is 42.4 Å². The number of carbonyl (C=O) groups excluding carboxylic acids is 1. The van der Waals surface area contributed by atoms with Gasteiger partial charge in [0.25, 0.3) is 0 Å². The van der Waals surface area contributed by atoms with Gasteiger partial charge in [0.2, 0.25) is 0 Å². The van der Waals surface area contributed by atoms with Crippen LogP contribution >= 0.6 is 15.9 Å². The highest BCUT2D eigenvalue weighted by Crippen LogP contribution is 2.33. The molecule has 2 N–H and O–H groups in total. The summed E-state index contributed by atoms with van der Waals surface area (Å²) in [7, 11) is 1.63. The van der Waals surface area contributed by atoms with E-state index in [1.165, 1.54) is 0 Å². The van der Waals surface area contributed by atoms with Crippen molar-refractivity contribution < 1.29 is 14.3 Å². The number of nitrogens with two attached hydrogens (primary N) is 1. The lowest BCUT2D eigenvalue weighted by Crippen LogP contribution is -2.49. The molecule has 0 saturated carbocycles. The number of carbonyl (C=O) groups is 1. The lowest BCUT2D eigenvalue weighted by atomic mass is 10.1. The van der Waals surface area contributed by atoms with Gasteiger partial charge in [-0.3, -0.25) is 4.90 Å². The lowest BCUT2D eigenvalue weighted by Gasteiger charge is -2.36. The van der Waals surface area contributed by atoms with E-state index in [0.29, 0.717) is 37.7 Å². The summed E-state index contributed by atoms with van der Waals surface area (Å²) in [5.74, 6) is 1.37. The Balaban J connectivity index is 1.74. The molecule has 0 radical (unpaired) electrons. The summed E-state index contributed by atoms with van der Waals surface area (Å²) in [5.41, 5.74) is 8.69. The molecule has 6 nitrogen and oxygen atoms in total. The van der Waals surface area contributed by atoms with Crippen LogP contribution in [-0.4, -0.2) is 37.7 Å². The molecule has 168 valence electrons. The second-order valence-corrected chi connectivity index (χ2v) is 8.58. The summed E-state index contributed by atoms with van der Waals surface area (Å²) in [5, 5.41) is 0. The number of hydrogen-bond acceptors (Lipinski definition) is 4. The SMILES string of the molecule is CCCCCOc1cc(N2CCCN(Cc3ccc(CN)cc3Br)C2=O)ccc1OC. The highest BCUT2D eigenvalue weighted by molar-refractivity contribution is 9.10. The molecule has 2 aromatic carbocycles. The van der Waals surface area contributed by atoms with Gasteiger partial charge in [-0.05, 0) is 42.2 Å². The fourth-order valence-electron chi connectivity index (χ4n) is 3.70. The predicted octanol–water partition coefficient (Wildman–Crippen LogP) is 5.32. The highest BCUT2D eigenvalue weighted by Gasteiger charge is 2.28. The van der Waals surface area contributed by atoms with E-state index in [4.69, 9.17) is 15.2 Å². The summed E-state index contributed by atoms with van der Waals surface area (Å²) in [4.78, 5) is 17.0. The second-order valence-electron chi connectivity index (χ2n) is 7.73. The number of benzene rings is 2. The Kier molecular flexibility index (Phi) is 8.60. The first-order valence-corrected chi connectivity index (χ1v) is 11.7. The Bertz CT molecular complexity index is 890. The third-order valence-electron chi connectivity index (χ3n) is 5.49. The van der Waals surface area contributed by atoms with E-state index < -0.39 is 0 Å². The van der Waals surface area contributed by atoms with E-state index in [9.17, 15) is 4.79 Å². The number of hydrogen-bond donors (Lipinski definition) is 1. The number of urea groups is 1. The molecule has 1 aliphatic rings. The van der Waals surface area contributed by atoms with Crippen molar-refractivity contribution in [3.05, 3.63) is 52.0 Å².